The molecule has 0 unspecified atom stereocenters. The van der Waals surface area contributed by atoms with Crippen LogP contribution < -0.4 is 10.1 Å². The van der Waals surface area contributed by atoms with Crippen LogP contribution in [-0.4, -0.2) is 28.6 Å². The maximum atomic E-state index is 13.3. The fourth-order valence-electron chi connectivity index (χ4n) is 3.84. The zero-order valence-corrected chi connectivity index (χ0v) is 16.7. The van der Waals surface area contributed by atoms with Gasteiger partial charge in [0.2, 0.25) is 5.91 Å². The summed E-state index contributed by atoms with van der Waals surface area (Å²) in [7, 11) is 1.56. The molecule has 3 aromatic rings. The first-order valence-corrected chi connectivity index (χ1v) is 9.68. The predicted molar refractivity (Wildman–Crippen MR) is 111 cm³/mol. The lowest BCUT2D eigenvalue weighted by molar-refractivity contribution is -0.116. The molecule has 1 N–H and O–H groups in total. The molecule has 0 spiro atoms. The fourth-order valence-corrected chi connectivity index (χ4v) is 3.84. The Morgan fingerprint density at radius 3 is 2.79 bits per heavy atom. The number of benzene rings is 2. The van der Waals surface area contributed by atoms with Crippen LogP contribution in [0.15, 0.2) is 48.5 Å². The number of Topliss-reactive ketones (excluding diaryl/α,β-unsaturated/α-hetero) is 1. The highest BCUT2D eigenvalue weighted by Crippen LogP contribution is 2.38. The average Bonchev–Trinajstić information content (AvgIpc) is 3.08. The van der Waals surface area contributed by atoms with Gasteiger partial charge in [0, 0.05) is 17.5 Å². The minimum Gasteiger partial charge on any atom is -0.497 e. The number of carbonyl (C=O) groups is 2. The number of aryl methyl sites for hydroxylation is 2. The number of methoxy groups -OCH3 is 1. The third-order valence-corrected chi connectivity index (χ3v) is 5.34. The number of ketones is 1. The summed E-state index contributed by atoms with van der Waals surface area (Å²) in [5.74, 6) is 0.318. The summed E-state index contributed by atoms with van der Waals surface area (Å²) in [6.45, 7) is 3.97. The van der Waals surface area contributed by atoms with Gasteiger partial charge in [-0.1, -0.05) is 31.2 Å². The molecule has 2 aromatic carbocycles. The molecule has 0 aliphatic carbocycles. The van der Waals surface area contributed by atoms with Crippen molar-refractivity contribution < 1.29 is 14.3 Å². The van der Waals surface area contributed by atoms with Gasteiger partial charge >= 0.3 is 0 Å². The number of ether oxygens (including phenoxy) is 1. The van der Waals surface area contributed by atoms with E-state index in [1.165, 1.54) is 5.56 Å². The van der Waals surface area contributed by atoms with E-state index in [0.29, 0.717) is 17.1 Å². The summed E-state index contributed by atoms with van der Waals surface area (Å²) in [5, 5.41) is 7.59. The van der Waals surface area contributed by atoms with Crippen LogP contribution in [0, 0.1) is 6.92 Å². The summed E-state index contributed by atoms with van der Waals surface area (Å²) < 4.78 is 6.97. The average molecular weight is 389 g/mol. The molecule has 0 radical (unpaired) electrons. The van der Waals surface area contributed by atoms with Crippen LogP contribution in [0.2, 0.25) is 0 Å². The van der Waals surface area contributed by atoms with Crippen LogP contribution in [0.4, 0.5) is 5.82 Å². The van der Waals surface area contributed by atoms with Crippen LogP contribution in [-0.2, 0) is 11.2 Å². The topological polar surface area (TPSA) is 73.2 Å². The van der Waals surface area contributed by atoms with Crippen LogP contribution in [0.25, 0.3) is 5.69 Å². The summed E-state index contributed by atoms with van der Waals surface area (Å²) in [5.41, 5.74) is 4.08. The Balaban J connectivity index is 1.80. The number of fused-ring (bicyclic) bond motifs is 1. The molecular weight excluding hydrogens is 366 g/mol. The smallest absolute Gasteiger partial charge is 0.226 e. The second-order valence-corrected chi connectivity index (χ2v) is 7.18. The van der Waals surface area contributed by atoms with Gasteiger partial charge in [0.05, 0.1) is 24.4 Å². The Hall–Kier alpha value is -3.41. The van der Waals surface area contributed by atoms with Crippen LogP contribution in [0.5, 0.6) is 5.75 Å². The number of hydrogen-bond donors (Lipinski definition) is 1. The lowest BCUT2D eigenvalue weighted by Crippen LogP contribution is -2.28. The Kier molecular flexibility index (Phi) is 4.92. The Morgan fingerprint density at radius 2 is 2.03 bits per heavy atom. The number of nitrogens with zero attached hydrogens (tertiary/aromatic N) is 2. The number of rotatable bonds is 5. The van der Waals surface area contributed by atoms with Gasteiger partial charge in [-0.3, -0.25) is 9.59 Å². The molecule has 4 rings (SSSR count). The summed E-state index contributed by atoms with van der Waals surface area (Å²) in [4.78, 5) is 25.8. The van der Waals surface area contributed by atoms with Crippen molar-refractivity contribution in [2.75, 3.05) is 12.4 Å². The second kappa shape index (κ2) is 7.54. The molecule has 148 valence electrons. The molecule has 0 fully saturated rings. The minimum absolute atomic E-state index is 0.102. The Morgan fingerprint density at radius 1 is 1.24 bits per heavy atom. The molecule has 29 heavy (non-hydrogen) atoms. The maximum Gasteiger partial charge on any atom is 0.226 e. The second-order valence-electron chi connectivity index (χ2n) is 7.18. The molecule has 1 atom stereocenters. The summed E-state index contributed by atoms with van der Waals surface area (Å²) in [6.07, 6.45) is 1.00. The number of carbonyl (C=O) groups excluding carboxylic acids is 2. The van der Waals surface area contributed by atoms with Gasteiger partial charge in [0.1, 0.15) is 11.6 Å². The van der Waals surface area contributed by atoms with Crippen molar-refractivity contribution in [1.29, 1.82) is 0 Å². The van der Waals surface area contributed by atoms with Crippen LogP contribution in [0.3, 0.4) is 0 Å². The quantitative estimate of drug-likeness (QED) is 0.668. The molecular formula is C23H23N3O3. The molecule has 0 bridgehead atoms. The fraction of sp³-hybridized carbons (Fsp3) is 0.261. The zero-order valence-electron chi connectivity index (χ0n) is 16.7. The van der Waals surface area contributed by atoms with Gasteiger partial charge in [-0.05, 0) is 43.2 Å². The monoisotopic (exact) mass is 389 g/mol. The van der Waals surface area contributed by atoms with Crippen molar-refractivity contribution in [3.63, 3.8) is 0 Å². The number of aromatic nitrogens is 2. The van der Waals surface area contributed by atoms with Crippen LogP contribution >= 0.6 is 0 Å². The molecule has 1 aliphatic rings. The normalized spacial score (nSPS) is 15.6. The lowest BCUT2D eigenvalue weighted by atomic mass is 9.85. The predicted octanol–water partition coefficient (Wildman–Crippen LogP) is 4.06. The number of anilines is 1. The van der Waals surface area contributed by atoms with E-state index in [1.54, 1.807) is 36.1 Å². The van der Waals surface area contributed by atoms with Crippen molar-refractivity contribution in [3.8, 4) is 11.4 Å². The van der Waals surface area contributed by atoms with Gasteiger partial charge in [-0.2, -0.15) is 5.10 Å². The Labute approximate surface area is 169 Å². The first-order chi connectivity index (χ1) is 14.0. The zero-order chi connectivity index (χ0) is 20.5. The molecule has 6 nitrogen and oxygen atoms in total. The third kappa shape index (κ3) is 3.42. The van der Waals surface area contributed by atoms with E-state index >= 15 is 0 Å². The molecule has 2 heterocycles. The molecule has 1 amide bonds. The van der Waals surface area contributed by atoms with E-state index in [9.17, 15) is 9.59 Å². The highest BCUT2D eigenvalue weighted by molar-refractivity contribution is 6.08. The Bertz CT molecular complexity index is 1100. The van der Waals surface area contributed by atoms with Crippen molar-refractivity contribution in [2.45, 2.75) is 32.6 Å². The third-order valence-electron chi connectivity index (χ3n) is 5.34. The van der Waals surface area contributed by atoms with E-state index in [4.69, 9.17) is 4.74 Å². The first-order valence-electron chi connectivity index (χ1n) is 9.68. The molecule has 1 aliphatic heterocycles. The van der Waals surface area contributed by atoms with Gasteiger partial charge in [0.15, 0.2) is 5.78 Å². The molecule has 0 saturated carbocycles. The number of amides is 1. The van der Waals surface area contributed by atoms with Crippen LogP contribution in [0.1, 0.15) is 46.4 Å². The van der Waals surface area contributed by atoms with E-state index in [0.717, 1.165) is 23.4 Å². The first kappa shape index (κ1) is 18.9. The van der Waals surface area contributed by atoms with Gasteiger partial charge < -0.3 is 10.1 Å². The highest BCUT2D eigenvalue weighted by Gasteiger charge is 2.36. The largest absolute Gasteiger partial charge is 0.497 e. The van der Waals surface area contributed by atoms with Crippen molar-refractivity contribution in [2.24, 2.45) is 0 Å². The highest BCUT2D eigenvalue weighted by atomic mass is 16.5. The molecule has 1 aromatic heterocycles. The summed E-state index contributed by atoms with van der Waals surface area (Å²) in [6, 6.07) is 15.1. The van der Waals surface area contributed by atoms with E-state index in [1.807, 2.05) is 25.1 Å². The van der Waals surface area contributed by atoms with Crippen molar-refractivity contribution in [1.82, 2.24) is 9.78 Å². The maximum absolute atomic E-state index is 13.3. The van der Waals surface area contributed by atoms with Crippen molar-refractivity contribution >= 4 is 17.5 Å². The standard InChI is InChI=1S/C23H23N3O3/c1-4-15-7-5-9-17(11-15)26-23-21(14(2)25-26)19(13-20(27)24-23)22(28)16-8-6-10-18(12-16)29-3/h5-12,19H,4,13H2,1-3H3,(H,24,27)/t19-/m1/s1. The van der Waals surface area contributed by atoms with Gasteiger partial charge in [-0.15, -0.1) is 0 Å². The number of nitrogens with one attached hydrogen (secondary N) is 1. The van der Waals surface area contributed by atoms with Gasteiger partial charge in [0.25, 0.3) is 0 Å². The van der Waals surface area contributed by atoms with E-state index in [-0.39, 0.29) is 18.1 Å². The molecule has 6 heteroatoms. The van der Waals surface area contributed by atoms with E-state index < -0.39 is 5.92 Å². The lowest BCUT2D eigenvalue weighted by Gasteiger charge is -2.23. The SMILES string of the molecule is CCc1cccc(-n2nc(C)c3c2NC(=O)C[C@H]3C(=O)c2cccc(OC)c2)c1. The van der Waals surface area contributed by atoms with Crippen molar-refractivity contribution in [3.05, 3.63) is 70.9 Å². The van der Waals surface area contributed by atoms with Gasteiger partial charge in [-0.25, -0.2) is 4.68 Å². The summed E-state index contributed by atoms with van der Waals surface area (Å²) >= 11 is 0. The minimum atomic E-state index is -0.575. The number of hydrogen-bond acceptors (Lipinski definition) is 4. The van der Waals surface area contributed by atoms with E-state index in [2.05, 4.69) is 23.4 Å². The molecule has 0 saturated heterocycles.